The highest BCUT2D eigenvalue weighted by molar-refractivity contribution is 5.84. The third kappa shape index (κ3) is 4.20. The van der Waals surface area contributed by atoms with Crippen molar-refractivity contribution in [3.05, 3.63) is 71.7 Å². The predicted molar refractivity (Wildman–Crippen MR) is 115 cm³/mol. The van der Waals surface area contributed by atoms with Crippen molar-refractivity contribution in [1.82, 2.24) is 9.55 Å². The monoisotopic (exact) mass is 403 g/mol. The number of aliphatic hydroxyl groups excluding tert-OH is 1. The maximum Gasteiger partial charge on any atom is 0.314 e. The van der Waals surface area contributed by atoms with Crippen LogP contribution >= 0.6 is 0 Å². The molecular formula is C24H25N3O3. The van der Waals surface area contributed by atoms with Crippen LogP contribution in [0.1, 0.15) is 37.6 Å². The van der Waals surface area contributed by atoms with Crippen molar-refractivity contribution in [1.29, 1.82) is 5.26 Å². The number of aryl methyl sites for hydroxylation is 1. The van der Waals surface area contributed by atoms with E-state index in [2.05, 4.69) is 4.98 Å². The van der Waals surface area contributed by atoms with Gasteiger partial charge in [-0.15, -0.1) is 0 Å². The number of fused-ring (bicyclic) bond motifs is 1. The Labute approximate surface area is 176 Å². The number of hydrogen-bond acceptors (Lipinski definition) is 5. The minimum absolute atomic E-state index is 0.0127. The first kappa shape index (κ1) is 21.1. The van der Waals surface area contributed by atoms with Gasteiger partial charge < -0.3 is 14.4 Å². The van der Waals surface area contributed by atoms with Gasteiger partial charge in [-0.05, 0) is 23.6 Å². The number of esters is 1. The summed E-state index contributed by atoms with van der Waals surface area (Å²) >= 11 is 0. The van der Waals surface area contributed by atoms with Crippen LogP contribution in [0.15, 0.2) is 60.4 Å². The zero-order valence-electron chi connectivity index (χ0n) is 17.4. The fourth-order valence-corrected chi connectivity index (χ4v) is 3.51. The van der Waals surface area contributed by atoms with Gasteiger partial charge in [-0.3, -0.25) is 4.79 Å². The number of aromatic nitrogens is 2. The van der Waals surface area contributed by atoms with Crippen LogP contribution in [0.3, 0.4) is 0 Å². The summed E-state index contributed by atoms with van der Waals surface area (Å²) in [6, 6.07) is 18.9. The third-order valence-corrected chi connectivity index (χ3v) is 5.39. The second-order valence-electron chi connectivity index (χ2n) is 7.30. The first-order chi connectivity index (χ1) is 14.5. The fraction of sp³-hybridized carbons (Fsp3) is 0.292. The van der Waals surface area contributed by atoms with E-state index in [9.17, 15) is 15.2 Å². The minimum Gasteiger partial charge on any atom is -0.507 e. The van der Waals surface area contributed by atoms with E-state index in [1.54, 1.807) is 11.6 Å². The fourth-order valence-electron chi connectivity index (χ4n) is 3.51. The molecule has 2 atom stereocenters. The van der Waals surface area contributed by atoms with Crippen molar-refractivity contribution in [2.75, 3.05) is 6.61 Å². The van der Waals surface area contributed by atoms with Crippen LogP contribution in [0.25, 0.3) is 16.6 Å². The molecule has 0 bridgehead atoms. The number of nitrogens with zero attached hydrogens (tertiary/aromatic N) is 3. The van der Waals surface area contributed by atoms with E-state index in [1.807, 2.05) is 74.5 Å². The van der Waals surface area contributed by atoms with Gasteiger partial charge in [-0.25, -0.2) is 4.98 Å². The number of aliphatic hydroxyl groups is 1. The number of ether oxygens (including phenoxy) is 1. The van der Waals surface area contributed by atoms with Crippen LogP contribution < -0.4 is 0 Å². The summed E-state index contributed by atoms with van der Waals surface area (Å²) in [6.07, 6.45) is 0.805. The largest absolute Gasteiger partial charge is 0.507 e. The van der Waals surface area contributed by atoms with Crippen molar-refractivity contribution in [2.45, 2.75) is 26.2 Å². The summed E-state index contributed by atoms with van der Waals surface area (Å²) in [7, 11) is 1.77. The number of imidazole rings is 1. The number of benzene rings is 2. The lowest BCUT2D eigenvalue weighted by Gasteiger charge is -2.22. The van der Waals surface area contributed by atoms with Crippen molar-refractivity contribution in [3.63, 3.8) is 0 Å². The molecule has 154 valence electrons. The molecule has 6 heteroatoms. The van der Waals surface area contributed by atoms with Crippen LogP contribution in [0, 0.1) is 17.2 Å². The number of hydrogen-bond donors (Lipinski definition) is 1. The smallest absolute Gasteiger partial charge is 0.314 e. The van der Waals surface area contributed by atoms with Crippen LogP contribution in [0.2, 0.25) is 0 Å². The number of nitriles is 1. The van der Waals surface area contributed by atoms with Crippen molar-refractivity contribution in [3.8, 4) is 6.07 Å². The van der Waals surface area contributed by atoms with Gasteiger partial charge >= 0.3 is 5.97 Å². The van der Waals surface area contributed by atoms with Crippen molar-refractivity contribution >= 4 is 22.6 Å². The molecule has 0 unspecified atom stereocenters. The van der Waals surface area contributed by atoms with Gasteiger partial charge in [0.15, 0.2) is 11.6 Å². The standard InChI is InChI=1S/C24H25N3O3/c1-4-16(2)22(17-10-6-5-7-11-17)24(29)30-15-21(28)18(14-25)23-26-19-12-8-9-13-20(19)27(23)3/h5-13,16,22,28H,4,15H2,1-3H3/b21-18-/t16-,22+/m0/s1. The maximum absolute atomic E-state index is 12.8. The quantitative estimate of drug-likeness (QED) is 0.350. The topological polar surface area (TPSA) is 88.1 Å². The van der Waals surface area contributed by atoms with Gasteiger partial charge in [0.25, 0.3) is 0 Å². The van der Waals surface area contributed by atoms with E-state index in [-0.39, 0.29) is 23.9 Å². The predicted octanol–water partition coefficient (Wildman–Crippen LogP) is 4.74. The van der Waals surface area contributed by atoms with E-state index in [1.165, 1.54) is 0 Å². The van der Waals surface area contributed by atoms with Crippen LogP contribution in [-0.4, -0.2) is 27.2 Å². The molecule has 1 heterocycles. The van der Waals surface area contributed by atoms with Gasteiger partial charge in [0, 0.05) is 7.05 Å². The Morgan fingerprint density at radius 3 is 2.50 bits per heavy atom. The zero-order valence-corrected chi connectivity index (χ0v) is 17.4. The Balaban J connectivity index is 1.84. The molecule has 0 spiro atoms. The molecular weight excluding hydrogens is 378 g/mol. The highest BCUT2D eigenvalue weighted by Gasteiger charge is 2.28. The van der Waals surface area contributed by atoms with E-state index >= 15 is 0 Å². The molecule has 1 N–H and O–H groups in total. The molecule has 0 radical (unpaired) electrons. The van der Waals surface area contributed by atoms with E-state index in [0.29, 0.717) is 11.3 Å². The van der Waals surface area contributed by atoms with E-state index in [0.717, 1.165) is 17.5 Å². The number of rotatable bonds is 7. The number of para-hydroxylation sites is 2. The molecule has 0 aliphatic carbocycles. The molecule has 3 rings (SSSR count). The zero-order chi connectivity index (χ0) is 21.7. The summed E-state index contributed by atoms with van der Waals surface area (Å²) in [6.45, 7) is 3.63. The normalized spacial score (nSPS) is 13.9. The van der Waals surface area contributed by atoms with Crippen molar-refractivity contribution < 1.29 is 14.6 Å². The van der Waals surface area contributed by atoms with Crippen LogP contribution in [0.5, 0.6) is 0 Å². The van der Waals surface area contributed by atoms with Gasteiger partial charge in [-0.2, -0.15) is 5.26 Å². The van der Waals surface area contributed by atoms with E-state index in [4.69, 9.17) is 4.74 Å². The third-order valence-electron chi connectivity index (χ3n) is 5.39. The molecule has 2 aromatic carbocycles. The number of carbonyl (C=O) groups excluding carboxylic acids is 1. The van der Waals surface area contributed by atoms with E-state index < -0.39 is 11.9 Å². The lowest BCUT2D eigenvalue weighted by molar-refractivity contribution is -0.146. The van der Waals surface area contributed by atoms with Crippen LogP contribution in [0.4, 0.5) is 0 Å². The summed E-state index contributed by atoms with van der Waals surface area (Å²) in [4.78, 5) is 17.3. The number of carbonyl (C=O) groups is 1. The molecule has 0 saturated heterocycles. The molecule has 6 nitrogen and oxygen atoms in total. The maximum atomic E-state index is 12.8. The summed E-state index contributed by atoms with van der Waals surface area (Å²) in [5, 5.41) is 20.2. The van der Waals surface area contributed by atoms with Gasteiger partial charge in [0.2, 0.25) is 0 Å². The number of allylic oxidation sites excluding steroid dienone is 1. The lowest BCUT2D eigenvalue weighted by atomic mass is 9.86. The average Bonchev–Trinajstić information content (AvgIpc) is 3.10. The summed E-state index contributed by atoms with van der Waals surface area (Å²) in [5.74, 6) is -0.787. The molecule has 0 aliphatic heterocycles. The Hall–Kier alpha value is -3.59. The molecule has 1 aromatic heterocycles. The molecule has 3 aromatic rings. The molecule has 0 amide bonds. The summed E-state index contributed by atoms with van der Waals surface area (Å²) < 4.78 is 7.16. The molecule has 30 heavy (non-hydrogen) atoms. The van der Waals surface area contributed by atoms with Gasteiger partial charge in [-0.1, -0.05) is 62.7 Å². The van der Waals surface area contributed by atoms with Crippen molar-refractivity contribution in [2.24, 2.45) is 13.0 Å². The highest BCUT2D eigenvalue weighted by atomic mass is 16.5. The Morgan fingerprint density at radius 2 is 1.87 bits per heavy atom. The minimum atomic E-state index is -0.440. The molecule has 0 aliphatic rings. The van der Waals surface area contributed by atoms with Crippen LogP contribution in [-0.2, 0) is 16.6 Å². The molecule has 0 fully saturated rings. The first-order valence-corrected chi connectivity index (χ1v) is 9.93. The molecule has 0 saturated carbocycles. The van der Waals surface area contributed by atoms with Gasteiger partial charge in [0.1, 0.15) is 18.2 Å². The summed E-state index contributed by atoms with van der Waals surface area (Å²) in [5.41, 5.74) is 2.41. The first-order valence-electron chi connectivity index (χ1n) is 9.93. The lowest BCUT2D eigenvalue weighted by Crippen LogP contribution is -2.23. The highest BCUT2D eigenvalue weighted by Crippen LogP contribution is 2.29. The Bertz CT molecular complexity index is 1110. The average molecular weight is 403 g/mol. The Kier molecular flexibility index (Phi) is 6.53. The van der Waals surface area contributed by atoms with Gasteiger partial charge in [0.05, 0.1) is 17.0 Å². The second-order valence-corrected chi connectivity index (χ2v) is 7.30. The second kappa shape index (κ2) is 9.27. The SMILES string of the molecule is CC[C@H](C)[C@@H](C(=O)OC/C(O)=C(\C#N)c1nc2ccccc2n1C)c1ccccc1. The Morgan fingerprint density at radius 1 is 1.20 bits per heavy atom.